The number of benzene rings is 3. The summed E-state index contributed by atoms with van der Waals surface area (Å²) in [6, 6.07) is 15.0. The Kier molecular flexibility index (Phi) is 7.92. The Balaban J connectivity index is 1.88. The number of aryl methyl sites for hydroxylation is 1. The summed E-state index contributed by atoms with van der Waals surface area (Å²) in [6.07, 6.45) is 1.73. The molecule has 4 rings (SSSR count). The number of aromatic hydroxyl groups is 2. The summed E-state index contributed by atoms with van der Waals surface area (Å²) in [6.45, 7) is 10.8. The molecule has 0 unspecified atom stereocenters. The van der Waals surface area contributed by atoms with Crippen molar-refractivity contribution in [2.24, 2.45) is 0 Å². The van der Waals surface area contributed by atoms with Gasteiger partial charge in [0.25, 0.3) is 0 Å². The Hall–Kier alpha value is -4.13. The molecule has 0 amide bonds. The Morgan fingerprint density at radius 3 is 1.46 bits per heavy atom. The maximum Gasteiger partial charge on any atom is 0.167 e. The van der Waals surface area contributed by atoms with Crippen molar-refractivity contribution < 1.29 is 19.7 Å². The van der Waals surface area contributed by atoms with Crippen molar-refractivity contribution in [2.45, 2.75) is 47.5 Å². The lowest BCUT2D eigenvalue weighted by Gasteiger charge is -2.15. The highest BCUT2D eigenvalue weighted by molar-refractivity contribution is 5.75. The molecule has 7 nitrogen and oxygen atoms in total. The summed E-state index contributed by atoms with van der Waals surface area (Å²) < 4.78 is 11.5. The van der Waals surface area contributed by atoms with Crippen LogP contribution in [0.25, 0.3) is 34.2 Å². The summed E-state index contributed by atoms with van der Waals surface area (Å²) in [5.41, 5.74) is 4.05. The minimum Gasteiger partial charge on any atom is -0.507 e. The van der Waals surface area contributed by atoms with Crippen LogP contribution in [0.5, 0.6) is 23.0 Å². The van der Waals surface area contributed by atoms with Crippen molar-refractivity contribution in [2.75, 3.05) is 13.2 Å². The lowest BCUT2D eigenvalue weighted by Crippen LogP contribution is -2.03. The van der Waals surface area contributed by atoms with Crippen molar-refractivity contribution in [1.29, 1.82) is 0 Å². The van der Waals surface area contributed by atoms with Crippen LogP contribution in [0.2, 0.25) is 0 Å². The Bertz CT molecular complexity index is 1320. The zero-order valence-corrected chi connectivity index (χ0v) is 22.0. The molecule has 0 radical (unpaired) electrons. The lowest BCUT2D eigenvalue weighted by atomic mass is 10.1. The standard InChI is InChI=1S/C30H33N3O4/c1-6-16-36-24-14-12-22(26(34)19(24)4)29-31-28(21-10-8-18(3)9-11-21)32-30(33-29)23-13-15-25(37-17-7-2)20(5)27(23)35/h8-15,34-35H,6-7,16-17H2,1-5H3. The van der Waals surface area contributed by atoms with Gasteiger partial charge in [-0.3, -0.25) is 0 Å². The number of ether oxygens (including phenoxy) is 2. The summed E-state index contributed by atoms with van der Waals surface area (Å²) in [4.78, 5) is 14.1. The first-order chi connectivity index (χ1) is 17.8. The molecular weight excluding hydrogens is 466 g/mol. The largest absolute Gasteiger partial charge is 0.507 e. The zero-order valence-electron chi connectivity index (χ0n) is 22.0. The van der Waals surface area contributed by atoms with E-state index in [1.807, 2.05) is 57.2 Å². The van der Waals surface area contributed by atoms with Gasteiger partial charge >= 0.3 is 0 Å². The maximum atomic E-state index is 11.1. The van der Waals surface area contributed by atoms with Crippen LogP contribution in [0.3, 0.4) is 0 Å². The topological polar surface area (TPSA) is 97.6 Å². The van der Waals surface area contributed by atoms with Crippen LogP contribution in [0.15, 0.2) is 48.5 Å². The van der Waals surface area contributed by atoms with Gasteiger partial charge in [-0.05, 0) is 57.9 Å². The monoisotopic (exact) mass is 499 g/mol. The van der Waals surface area contributed by atoms with E-state index >= 15 is 0 Å². The molecule has 0 fully saturated rings. The third-order valence-electron chi connectivity index (χ3n) is 6.11. The summed E-state index contributed by atoms with van der Waals surface area (Å²) in [5, 5.41) is 22.1. The normalized spacial score (nSPS) is 10.9. The third kappa shape index (κ3) is 5.50. The molecule has 0 atom stereocenters. The lowest BCUT2D eigenvalue weighted by molar-refractivity contribution is 0.313. The smallest absolute Gasteiger partial charge is 0.167 e. The fourth-order valence-corrected chi connectivity index (χ4v) is 3.91. The fraction of sp³-hybridized carbons (Fsp3) is 0.300. The van der Waals surface area contributed by atoms with E-state index in [9.17, 15) is 10.2 Å². The van der Waals surface area contributed by atoms with Crippen LogP contribution in [0.4, 0.5) is 0 Å². The molecule has 0 aliphatic heterocycles. The number of hydrogen-bond donors (Lipinski definition) is 2. The fourth-order valence-electron chi connectivity index (χ4n) is 3.91. The van der Waals surface area contributed by atoms with Gasteiger partial charge in [0.15, 0.2) is 17.5 Å². The number of aromatic nitrogens is 3. The highest BCUT2D eigenvalue weighted by Gasteiger charge is 2.20. The Labute approximate surface area is 217 Å². The number of phenolic OH excluding ortho intramolecular Hbond substituents is 2. The first kappa shape index (κ1) is 25.9. The molecule has 192 valence electrons. The van der Waals surface area contributed by atoms with Gasteiger partial charge in [0.1, 0.15) is 23.0 Å². The molecule has 0 saturated carbocycles. The van der Waals surface area contributed by atoms with Gasteiger partial charge in [0, 0.05) is 16.7 Å². The van der Waals surface area contributed by atoms with E-state index in [1.165, 1.54) is 0 Å². The average Bonchev–Trinajstić information content (AvgIpc) is 2.90. The van der Waals surface area contributed by atoms with E-state index in [-0.39, 0.29) is 11.5 Å². The molecule has 7 heteroatoms. The van der Waals surface area contributed by atoms with E-state index in [0.717, 1.165) is 24.0 Å². The van der Waals surface area contributed by atoms with E-state index < -0.39 is 0 Å². The highest BCUT2D eigenvalue weighted by atomic mass is 16.5. The first-order valence-electron chi connectivity index (χ1n) is 12.6. The number of hydrogen-bond acceptors (Lipinski definition) is 7. The van der Waals surface area contributed by atoms with Crippen LogP contribution < -0.4 is 9.47 Å². The van der Waals surface area contributed by atoms with Gasteiger partial charge in [-0.2, -0.15) is 0 Å². The minimum atomic E-state index is 0.0457. The van der Waals surface area contributed by atoms with Crippen LogP contribution in [-0.4, -0.2) is 38.4 Å². The predicted molar refractivity (Wildman–Crippen MR) is 145 cm³/mol. The van der Waals surface area contributed by atoms with E-state index in [4.69, 9.17) is 19.4 Å². The summed E-state index contributed by atoms with van der Waals surface area (Å²) in [7, 11) is 0. The second-order valence-electron chi connectivity index (χ2n) is 9.04. The number of phenols is 2. The second kappa shape index (κ2) is 11.3. The molecule has 0 spiro atoms. The van der Waals surface area contributed by atoms with Gasteiger partial charge < -0.3 is 19.7 Å². The van der Waals surface area contributed by atoms with Gasteiger partial charge in [-0.25, -0.2) is 15.0 Å². The molecule has 4 aromatic rings. The van der Waals surface area contributed by atoms with Crippen molar-refractivity contribution in [1.82, 2.24) is 15.0 Å². The van der Waals surface area contributed by atoms with Crippen LogP contribution in [0.1, 0.15) is 43.4 Å². The van der Waals surface area contributed by atoms with Crippen molar-refractivity contribution >= 4 is 0 Å². The molecule has 3 aromatic carbocycles. The predicted octanol–water partition coefficient (Wildman–Crippen LogP) is 6.79. The number of nitrogens with zero attached hydrogens (tertiary/aromatic N) is 3. The van der Waals surface area contributed by atoms with Gasteiger partial charge in [-0.1, -0.05) is 43.7 Å². The molecule has 0 saturated heterocycles. The molecule has 0 aliphatic carbocycles. The molecule has 2 N–H and O–H groups in total. The second-order valence-corrected chi connectivity index (χ2v) is 9.04. The maximum absolute atomic E-state index is 11.1. The van der Waals surface area contributed by atoms with Crippen LogP contribution >= 0.6 is 0 Å². The molecule has 1 heterocycles. The summed E-state index contributed by atoms with van der Waals surface area (Å²) in [5.74, 6) is 2.36. The van der Waals surface area contributed by atoms with Crippen molar-refractivity contribution in [3.05, 3.63) is 65.2 Å². The van der Waals surface area contributed by atoms with Gasteiger partial charge in [-0.15, -0.1) is 0 Å². The molecule has 0 bridgehead atoms. The molecular formula is C30H33N3O4. The van der Waals surface area contributed by atoms with E-state index in [0.29, 0.717) is 64.4 Å². The quantitative estimate of drug-likeness (QED) is 0.262. The van der Waals surface area contributed by atoms with Crippen molar-refractivity contribution in [3.8, 4) is 57.2 Å². The van der Waals surface area contributed by atoms with E-state index in [2.05, 4.69) is 4.98 Å². The zero-order chi connectivity index (χ0) is 26.5. The van der Waals surface area contributed by atoms with E-state index in [1.54, 1.807) is 26.0 Å². The van der Waals surface area contributed by atoms with Gasteiger partial charge in [0.2, 0.25) is 0 Å². The Morgan fingerprint density at radius 1 is 0.595 bits per heavy atom. The van der Waals surface area contributed by atoms with Crippen LogP contribution in [0, 0.1) is 20.8 Å². The summed E-state index contributed by atoms with van der Waals surface area (Å²) >= 11 is 0. The Morgan fingerprint density at radius 2 is 1.03 bits per heavy atom. The highest BCUT2D eigenvalue weighted by Crippen LogP contribution is 2.39. The first-order valence-corrected chi connectivity index (χ1v) is 12.6. The minimum absolute atomic E-state index is 0.0457. The SMILES string of the molecule is CCCOc1ccc(-c2nc(-c3ccc(C)cc3)nc(-c3ccc(OCCC)c(C)c3O)n2)c(O)c1C. The third-order valence-corrected chi connectivity index (χ3v) is 6.11. The molecule has 0 aliphatic rings. The molecule has 37 heavy (non-hydrogen) atoms. The number of rotatable bonds is 9. The van der Waals surface area contributed by atoms with Crippen LogP contribution in [-0.2, 0) is 0 Å². The molecule has 1 aromatic heterocycles. The van der Waals surface area contributed by atoms with Crippen molar-refractivity contribution in [3.63, 3.8) is 0 Å². The average molecular weight is 500 g/mol. The van der Waals surface area contributed by atoms with Gasteiger partial charge in [0.05, 0.1) is 24.3 Å².